The number of nitrogens with zero attached hydrogens (tertiary/aromatic N) is 1. The molecule has 2 heterocycles. The van der Waals surface area contributed by atoms with Crippen molar-refractivity contribution in [1.82, 2.24) is 10.3 Å². The smallest absolute Gasteiger partial charge is 0.254 e. The lowest BCUT2D eigenvalue weighted by molar-refractivity contribution is -0.122. The second kappa shape index (κ2) is 7.31. The zero-order valence-electron chi connectivity index (χ0n) is 13.4. The van der Waals surface area contributed by atoms with E-state index in [1.165, 1.54) is 0 Å². The predicted octanol–water partition coefficient (Wildman–Crippen LogP) is 0.250. The third kappa shape index (κ3) is 4.03. The molecular weight excluding hydrogens is 358 g/mol. The number of carbonyl (C=O) groups is 4. The van der Waals surface area contributed by atoms with Crippen molar-refractivity contribution in [2.45, 2.75) is 18.9 Å². The molecule has 0 fully saturated rings. The molecule has 0 spiro atoms. The van der Waals surface area contributed by atoms with Crippen molar-refractivity contribution >= 4 is 45.8 Å². The summed E-state index contributed by atoms with van der Waals surface area (Å²) in [6, 6.07) is 5.57. The molecule has 1 aliphatic rings. The third-order valence-electron chi connectivity index (χ3n) is 3.59. The second-order valence-corrected chi connectivity index (χ2v) is 6.46. The lowest BCUT2D eigenvalue weighted by Gasteiger charge is -2.13. The summed E-state index contributed by atoms with van der Waals surface area (Å²) in [6.45, 7) is 0. The van der Waals surface area contributed by atoms with E-state index in [0.717, 1.165) is 11.3 Å². The normalized spacial score (nSPS) is 16.1. The molecular formula is C16H15N5O4S. The summed E-state index contributed by atoms with van der Waals surface area (Å²) in [6.07, 6.45) is -0.276. The molecule has 0 saturated heterocycles. The Labute approximate surface area is 152 Å². The Hall–Kier alpha value is -3.27. The molecule has 0 aliphatic carbocycles. The first-order valence-corrected chi connectivity index (χ1v) is 8.53. The van der Waals surface area contributed by atoms with Crippen molar-refractivity contribution in [2.75, 3.05) is 10.6 Å². The molecule has 2 aromatic rings. The van der Waals surface area contributed by atoms with Crippen molar-refractivity contribution in [2.24, 2.45) is 5.73 Å². The standard InChI is InChI=1S/C16H15N5O4S/c17-12(22)5-8-7-26-16(18-8)21-13(23)6-11-15(25)19-10-4-2-1-3-9(10)14(24)20-11/h1-4,7,11H,5-6H2,(H2,17,22)(H,19,25)(H,20,24)(H,18,21,23)/t11-/m0/s1. The van der Waals surface area contributed by atoms with E-state index >= 15 is 0 Å². The third-order valence-corrected chi connectivity index (χ3v) is 4.40. The van der Waals surface area contributed by atoms with Crippen LogP contribution in [0, 0.1) is 0 Å². The number of anilines is 2. The fraction of sp³-hybridized carbons (Fsp3) is 0.188. The number of rotatable bonds is 5. The Morgan fingerprint density at radius 1 is 1.27 bits per heavy atom. The van der Waals surface area contributed by atoms with E-state index in [4.69, 9.17) is 5.73 Å². The highest BCUT2D eigenvalue weighted by atomic mass is 32.1. The summed E-state index contributed by atoms with van der Waals surface area (Å²) in [7, 11) is 0. The summed E-state index contributed by atoms with van der Waals surface area (Å²) in [5.41, 5.74) is 6.27. The van der Waals surface area contributed by atoms with Crippen LogP contribution in [0.5, 0.6) is 0 Å². The fourth-order valence-corrected chi connectivity index (χ4v) is 3.16. The summed E-state index contributed by atoms with van der Waals surface area (Å²) < 4.78 is 0. The molecule has 5 N–H and O–H groups in total. The summed E-state index contributed by atoms with van der Waals surface area (Å²) in [4.78, 5) is 51.6. The molecule has 9 nitrogen and oxygen atoms in total. The van der Waals surface area contributed by atoms with Gasteiger partial charge in [0.05, 0.1) is 29.8 Å². The number of para-hydroxylation sites is 1. The number of aromatic nitrogens is 1. The number of fused-ring (bicyclic) bond motifs is 1. The number of benzene rings is 1. The quantitative estimate of drug-likeness (QED) is 0.594. The minimum absolute atomic E-state index is 0.0221. The van der Waals surface area contributed by atoms with E-state index in [0.29, 0.717) is 16.9 Å². The SMILES string of the molecule is NC(=O)Cc1csc(NC(=O)C[C@@H]2NC(=O)c3ccccc3NC2=O)n1. The zero-order valence-corrected chi connectivity index (χ0v) is 14.3. The first-order chi connectivity index (χ1) is 12.4. The topological polar surface area (TPSA) is 143 Å². The van der Waals surface area contributed by atoms with E-state index in [-0.39, 0.29) is 18.0 Å². The van der Waals surface area contributed by atoms with Crippen LogP contribution in [0.2, 0.25) is 0 Å². The van der Waals surface area contributed by atoms with Crippen molar-refractivity contribution in [1.29, 1.82) is 0 Å². The Morgan fingerprint density at radius 2 is 2.04 bits per heavy atom. The van der Waals surface area contributed by atoms with Gasteiger partial charge in [0.15, 0.2) is 5.13 Å². The van der Waals surface area contributed by atoms with Crippen LogP contribution in [-0.2, 0) is 20.8 Å². The van der Waals surface area contributed by atoms with Gasteiger partial charge in [0.1, 0.15) is 6.04 Å². The molecule has 1 aromatic carbocycles. The highest BCUT2D eigenvalue weighted by molar-refractivity contribution is 7.13. The van der Waals surface area contributed by atoms with Crippen LogP contribution in [0.15, 0.2) is 29.6 Å². The van der Waals surface area contributed by atoms with Gasteiger partial charge in [-0.15, -0.1) is 11.3 Å². The number of nitrogens with one attached hydrogen (secondary N) is 3. The molecule has 134 valence electrons. The molecule has 0 radical (unpaired) electrons. The van der Waals surface area contributed by atoms with E-state index in [2.05, 4.69) is 20.9 Å². The highest BCUT2D eigenvalue weighted by Crippen LogP contribution is 2.20. The molecule has 4 amide bonds. The monoisotopic (exact) mass is 373 g/mol. The number of primary amides is 1. The van der Waals surface area contributed by atoms with Crippen LogP contribution in [0.1, 0.15) is 22.5 Å². The van der Waals surface area contributed by atoms with Gasteiger partial charge in [-0.1, -0.05) is 12.1 Å². The number of hydrogen-bond donors (Lipinski definition) is 4. The summed E-state index contributed by atoms with van der Waals surface area (Å²) in [5, 5.41) is 9.61. The first-order valence-electron chi connectivity index (χ1n) is 7.65. The maximum atomic E-state index is 12.3. The van der Waals surface area contributed by atoms with Gasteiger partial charge in [-0.05, 0) is 12.1 Å². The van der Waals surface area contributed by atoms with Gasteiger partial charge in [-0.3, -0.25) is 19.2 Å². The maximum absolute atomic E-state index is 12.3. The molecule has 3 rings (SSSR count). The van der Waals surface area contributed by atoms with Gasteiger partial charge in [-0.25, -0.2) is 4.98 Å². The van der Waals surface area contributed by atoms with Gasteiger partial charge in [-0.2, -0.15) is 0 Å². The largest absolute Gasteiger partial charge is 0.369 e. The van der Waals surface area contributed by atoms with E-state index in [1.54, 1.807) is 29.6 Å². The van der Waals surface area contributed by atoms with Crippen LogP contribution < -0.4 is 21.7 Å². The van der Waals surface area contributed by atoms with Crippen molar-refractivity contribution in [3.05, 3.63) is 40.9 Å². The molecule has 1 atom stereocenters. The summed E-state index contributed by atoms with van der Waals surface area (Å²) >= 11 is 1.14. The maximum Gasteiger partial charge on any atom is 0.254 e. The Balaban J connectivity index is 1.64. The summed E-state index contributed by atoms with van der Waals surface area (Å²) in [5.74, 6) is -1.93. The van der Waals surface area contributed by atoms with E-state index in [1.807, 2.05) is 0 Å². The van der Waals surface area contributed by atoms with Gasteiger partial charge in [0.2, 0.25) is 17.7 Å². The Bertz CT molecular complexity index is 894. The van der Waals surface area contributed by atoms with Crippen LogP contribution in [-0.4, -0.2) is 34.7 Å². The Morgan fingerprint density at radius 3 is 2.81 bits per heavy atom. The van der Waals surface area contributed by atoms with Gasteiger partial charge < -0.3 is 21.7 Å². The number of hydrogen-bond acceptors (Lipinski definition) is 6. The van der Waals surface area contributed by atoms with Crippen molar-refractivity contribution < 1.29 is 19.2 Å². The van der Waals surface area contributed by atoms with Crippen molar-refractivity contribution in [3.8, 4) is 0 Å². The molecule has 26 heavy (non-hydrogen) atoms. The van der Waals surface area contributed by atoms with Gasteiger partial charge >= 0.3 is 0 Å². The van der Waals surface area contributed by atoms with Gasteiger partial charge in [0, 0.05) is 5.38 Å². The molecule has 10 heteroatoms. The lowest BCUT2D eigenvalue weighted by atomic mass is 10.1. The first kappa shape index (κ1) is 17.5. The van der Waals surface area contributed by atoms with Gasteiger partial charge in [0.25, 0.3) is 5.91 Å². The predicted molar refractivity (Wildman–Crippen MR) is 94.6 cm³/mol. The van der Waals surface area contributed by atoms with Crippen molar-refractivity contribution in [3.63, 3.8) is 0 Å². The highest BCUT2D eigenvalue weighted by Gasteiger charge is 2.29. The molecule has 1 aliphatic heterocycles. The van der Waals surface area contributed by atoms with E-state index < -0.39 is 29.7 Å². The minimum atomic E-state index is -1.01. The second-order valence-electron chi connectivity index (χ2n) is 5.60. The molecule has 1 aromatic heterocycles. The van der Waals surface area contributed by atoms with E-state index in [9.17, 15) is 19.2 Å². The molecule has 0 saturated carbocycles. The minimum Gasteiger partial charge on any atom is -0.369 e. The number of nitrogens with two attached hydrogens (primary N) is 1. The average Bonchev–Trinajstić information content (AvgIpc) is 2.95. The number of amides is 4. The van der Waals surface area contributed by atoms with Crippen LogP contribution in [0.25, 0.3) is 0 Å². The van der Waals surface area contributed by atoms with Crippen LogP contribution in [0.4, 0.5) is 10.8 Å². The molecule has 0 unspecified atom stereocenters. The van der Waals surface area contributed by atoms with Crippen LogP contribution >= 0.6 is 11.3 Å². The zero-order chi connectivity index (χ0) is 18.7. The average molecular weight is 373 g/mol. The molecule has 0 bridgehead atoms. The lowest BCUT2D eigenvalue weighted by Crippen LogP contribution is -2.43. The number of carbonyl (C=O) groups excluding carboxylic acids is 4. The fourth-order valence-electron chi connectivity index (χ4n) is 2.44. The van der Waals surface area contributed by atoms with Crippen LogP contribution in [0.3, 0.4) is 0 Å². The Kier molecular flexibility index (Phi) is 4.94. The number of thiazole rings is 1.